The fraction of sp³-hybridized carbons (Fsp3) is 0.833. The topological polar surface area (TPSA) is 38.8 Å². The molecule has 128 valence electrons. The molecule has 1 aliphatic rings. The summed E-state index contributed by atoms with van der Waals surface area (Å²) in [4.78, 5) is 14.1. The van der Waals surface area contributed by atoms with E-state index in [0.717, 1.165) is 44.5 Å². The molecule has 0 saturated heterocycles. The van der Waals surface area contributed by atoms with Crippen LogP contribution in [0.15, 0.2) is 11.8 Å². The molecule has 0 aromatic rings. The van der Waals surface area contributed by atoms with Crippen molar-refractivity contribution in [2.24, 2.45) is 0 Å². The van der Waals surface area contributed by atoms with Crippen molar-refractivity contribution in [3.63, 3.8) is 0 Å². The quantitative estimate of drug-likeness (QED) is 0.478. The summed E-state index contributed by atoms with van der Waals surface area (Å²) in [5.41, 5.74) is 0.654. The molecule has 1 saturated carbocycles. The fourth-order valence-electron chi connectivity index (χ4n) is 3.41. The molecule has 1 fully saturated rings. The largest absolute Gasteiger partial charge is 0.373 e. The van der Waals surface area contributed by atoms with Crippen molar-refractivity contribution >= 4 is 5.78 Å². The van der Waals surface area contributed by atoms with Crippen molar-refractivity contribution in [2.45, 2.75) is 78.6 Å². The number of allylic oxidation sites excluding steroid dienone is 1. The predicted molar refractivity (Wildman–Crippen MR) is 89.7 cm³/mol. The number of carbonyl (C=O) groups excluding carboxylic acids is 1. The molecule has 0 aromatic heterocycles. The Morgan fingerprint density at radius 1 is 1.18 bits per heavy atom. The first kappa shape index (κ1) is 19.2. The molecule has 4 nitrogen and oxygen atoms in total. The number of hydrogen-bond acceptors (Lipinski definition) is 4. The Morgan fingerprint density at radius 3 is 2.23 bits per heavy atom. The molecule has 22 heavy (non-hydrogen) atoms. The smallest absolute Gasteiger partial charge is 0.156 e. The third-order valence-electron chi connectivity index (χ3n) is 4.37. The first-order valence-electron chi connectivity index (χ1n) is 8.76. The number of hydrogen-bond donors (Lipinski definition) is 0. The minimum absolute atomic E-state index is 0.0829. The summed E-state index contributed by atoms with van der Waals surface area (Å²) in [6.45, 7) is 12.2. The average molecular weight is 311 g/mol. The molecule has 0 aromatic carbocycles. The normalized spacial score (nSPS) is 19.8. The summed E-state index contributed by atoms with van der Waals surface area (Å²) in [5.74, 6) is 0.0829. The molecule has 0 bridgehead atoms. The van der Waals surface area contributed by atoms with Crippen LogP contribution in [0.4, 0.5) is 0 Å². The monoisotopic (exact) mass is 311 g/mol. The molecular weight excluding hydrogens is 278 g/mol. The van der Waals surface area contributed by atoms with Crippen molar-refractivity contribution in [1.82, 2.24) is 4.90 Å². The van der Waals surface area contributed by atoms with Gasteiger partial charge in [0.1, 0.15) is 5.60 Å². The maximum atomic E-state index is 11.8. The molecule has 1 rings (SSSR count). The Balaban J connectivity index is 3.15. The maximum absolute atomic E-state index is 11.8. The van der Waals surface area contributed by atoms with Crippen LogP contribution in [0.2, 0.25) is 0 Å². The van der Waals surface area contributed by atoms with E-state index in [9.17, 15) is 4.79 Å². The van der Waals surface area contributed by atoms with Crippen LogP contribution in [0.5, 0.6) is 0 Å². The molecule has 0 spiro atoms. The lowest BCUT2D eigenvalue weighted by Crippen LogP contribution is -2.47. The van der Waals surface area contributed by atoms with E-state index in [-0.39, 0.29) is 17.7 Å². The van der Waals surface area contributed by atoms with Gasteiger partial charge in [0, 0.05) is 31.5 Å². The van der Waals surface area contributed by atoms with Crippen LogP contribution in [0.3, 0.4) is 0 Å². The van der Waals surface area contributed by atoms with Crippen LogP contribution in [-0.2, 0) is 14.3 Å². The second-order valence-electron chi connectivity index (χ2n) is 6.01. The Labute approximate surface area is 135 Å². The van der Waals surface area contributed by atoms with E-state index in [0.29, 0.717) is 6.61 Å². The molecule has 1 unspecified atom stereocenters. The number of ether oxygens (including phenoxy) is 2. The minimum atomic E-state index is -0.384. The molecule has 0 amide bonds. The predicted octanol–water partition coefficient (Wildman–Crippen LogP) is 3.90. The third-order valence-corrected chi connectivity index (χ3v) is 4.37. The van der Waals surface area contributed by atoms with Gasteiger partial charge >= 0.3 is 0 Å². The molecule has 0 heterocycles. The molecule has 0 N–H and O–H groups in total. The lowest BCUT2D eigenvalue weighted by Gasteiger charge is -2.44. The number of rotatable bonds is 9. The van der Waals surface area contributed by atoms with Crippen molar-refractivity contribution in [2.75, 3.05) is 19.7 Å². The van der Waals surface area contributed by atoms with Gasteiger partial charge in [0.05, 0.1) is 0 Å². The Morgan fingerprint density at radius 2 is 1.77 bits per heavy atom. The molecular formula is C18H33NO3. The second kappa shape index (κ2) is 9.31. The van der Waals surface area contributed by atoms with E-state index in [1.54, 1.807) is 13.0 Å². The molecule has 1 atom stereocenters. The van der Waals surface area contributed by atoms with Gasteiger partial charge in [0.2, 0.25) is 0 Å². The van der Waals surface area contributed by atoms with E-state index in [2.05, 4.69) is 18.7 Å². The van der Waals surface area contributed by atoms with Crippen molar-refractivity contribution in [3.05, 3.63) is 11.8 Å². The third kappa shape index (κ3) is 5.10. The van der Waals surface area contributed by atoms with Gasteiger partial charge in [-0.05, 0) is 47.5 Å². The van der Waals surface area contributed by atoms with Gasteiger partial charge in [-0.15, -0.1) is 0 Å². The van der Waals surface area contributed by atoms with Crippen LogP contribution in [0.25, 0.3) is 0 Å². The van der Waals surface area contributed by atoms with Gasteiger partial charge in [-0.3, -0.25) is 4.79 Å². The van der Waals surface area contributed by atoms with Crippen LogP contribution in [-0.4, -0.2) is 42.3 Å². The summed E-state index contributed by atoms with van der Waals surface area (Å²) in [6.07, 6.45) is 6.94. The van der Waals surface area contributed by atoms with E-state index in [1.165, 1.54) is 6.42 Å². The zero-order valence-corrected chi connectivity index (χ0v) is 15.0. The highest BCUT2D eigenvalue weighted by Gasteiger charge is 2.40. The van der Waals surface area contributed by atoms with Gasteiger partial charge in [0.15, 0.2) is 12.1 Å². The van der Waals surface area contributed by atoms with E-state index in [4.69, 9.17) is 9.47 Å². The number of likely N-dealkylation sites (N-methyl/N-ethyl adjacent to an activating group) is 1. The van der Waals surface area contributed by atoms with Crippen molar-refractivity contribution in [1.29, 1.82) is 0 Å². The second-order valence-corrected chi connectivity index (χ2v) is 6.01. The lowest BCUT2D eigenvalue weighted by molar-refractivity contribution is -0.202. The molecule has 0 radical (unpaired) electrons. The van der Waals surface area contributed by atoms with Crippen LogP contribution in [0.1, 0.15) is 66.7 Å². The zero-order valence-electron chi connectivity index (χ0n) is 15.0. The first-order chi connectivity index (χ1) is 10.5. The highest BCUT2D eigenvalue weighted by Crippen LogP contribution is 2.40. The van der Waals surface area contributed by atoms with E-state index >= 15 is 0 Å². The molecule has 0 aliphatic heterocycles. The molecule has 1 aliphatic carbocycles. The van der Waals surface area contributed by atoms with Gasteiger partial charge in [-0.25, -0.2) is 0 Å². The standard InChI is InChI=1S/C18H33NO3/c1-6-19(7-2)17(14-15(4)20)18(12-10-9-11-13-18)22-16(5)21-8-3/h14,16H,6-13H2,1-5H3. The summed E-state index contributed by atoms with van der Waals surface area (Å²) in [6, 6.07) is 0. The Hall–Kier alpha value is -0.870. The Bertz CT molecular complexity index is 369. The van der Waals surface area contributed by atoms with Gasteiger partial charge in [-0.2, -0.15) is 0 Å². The molecule has 4 heteroatoms. The van der Waals surface area contributed by atoms with Crippen molar-refractivity contribution < 1.29 is 14.3 Å². The number of ketones is 1. The summed E-state index contributed by atoms with van der Waals surface area (Å²) in [5, 5.41) is 0. The van der Waals surface area contributed by atoms with Gasteiger partial charge < -0.3 is 14.4 Å². The van der Waals surface area contributed by atoms with Crippen LogP contribution in [0, 0.1) is 0 Å². The first-order valence-corrected chi connectivity index (χ1v) is 8.76. The average Bonchev–Trinajstić information content (AvgIpc) is 2.48. The zero-order chi connectivity index (χ0) is 16.6. The van der Waals surface area contributed by atoms with E-state index < -0.39 is 0 Å². The summed E-state index contributed by atoms with van der Waals surface area (Å²) in [7, 11) is 0. The number of carbonyl (C=O) groups is 1. The lowest BCUT2D eigenvalue weighted by atomic mass is 9.81. The van der Waals surface area contributed by atoms with Gasteiger partial charge in [-0.1, -0.05) is 19.3 Å². The fourth-order valence-corrected chi connectivity index (χ4v) is 3.41. The Kier molecular flexibility index (Phi) is 8.12. The van der Waals surface area contributed by atoms with Crippen molar-refractivity contribution in [3.8, 4) is 0 Å². The highest BCUT2D eigenvalue weighted by molar-refractivity contribution is 5.88. The minimum Gasteiger partial charge on any atom is -0.373 e. The number of nitrogens with zero attached hydrogens (tertiary/aromatic N) is 1. The van der Waals surface area contributed by atoms with E-state index in [1.807, 2.05) is 13.8 Å². The van der Waals surface area contributed by atoms with Gasteiger partial charge in [0.25, 0.3) is 0 Å². The van der Waals surface area contributed by atoms with Crippen LogP contribution < -0.4 is 0 Å². The highest BCUT2D eigenvalue weighted by atomic mass is 16.7. The summed E-state index contributed by atoms with van der Waals surface area (Å²) >= 11 is 0. The SMILES string of the molecule is CCOC(C)OC1(C(=CC(C)=O)N(CC)CC)CCCCC1. The summed E-state index contributed by atoms with van der Waals surface area (Å²) < 4.78 is 12.0. The van der Waals surface area contributed by atoms with Crippen LogP contribution >= 0.6 is 0 Å². The maximum Gasteiger partial charge on any atom is 0.156 e.